The van der Waals surface area contributed by atoms with Crippen LogP contribution in [0.4, 0.5) is 0 Å². The van der Waals surface area contributed by atoms with Crippen molar-refractivity contribution >= 4 is 25.6 Å². The van der Waals surface area contributed by atoms with Gasteiger partial charge in [0, 0.05) is 5.92 Å². The van der Waals surface area contributed by atoms with Crippen molar-refractivity contribution in [3.05, 3.63) is 0 Å². The monoisotopic (exact) mass is 411 g/mol. The molecule has 156 valence electrons. The number of hydrogen-bond acceptors (Lipinski definition) is 5. The first-order chi connectivity index (χ1) is 12.1. The van der Waals surface area contributed by atoms with Crippen molar-refractivity contribution in [3.63, 3.8) is 0 Å². The third-order valence-corrected chi connectivity index (χ3v) is 8.33. The highest BCUT2D eigenvalue weighted by Crippen LogP contribution is 2.11. The summed E-state index contributed by atoms with van der Waals surface area (Å²) in [7, 11) is -6.97. The van der Waals surface area contributed by atoms with Crippen molar-refractivity contribution in [1.29, 1.82) is 0 Å². The van der Waals surface area contributed by atoms with Crippen molar-refractivity contribution in [1.82, 2.24) is 0 Å². The zero-order valence-corrected chi connectivity index (χ0v) is 18.0. The van der Waals surface area contributed by atoms with Crippen LogP contribution in [0.1, 0.15) is 78.1 Å². The summed E-state index contributed by atoms with van der Waals surface area (Å²) in [6.07, 6.45) is 11.2. The quantitative estimate of drug-likeness (QED) is 0.370. The van der Waals surface area contributed by atoms with Crippen LogP contribution in [0.25, 0.3) is 0 Å². The van der Waals surface area contributed by atoms with Crippen molar-refractivity contribution < 1.29 is 21.6 Å². The average Bonchev–Trinajstić information content (AvgIpc) is 2.54. The molecule has 0 aliphatic rings. The fraction of sp³-hybridized carbons (Fsp3) is 0.944. The van der Waals surface area contributed by atoms with Gasteiger partial charge in [0.2, 0.25) is 5.91 Å². The summed E-state index contributed by atoms with van der Waals surface area (Å²) in [5, 5.41) is 0. The lowest BCUT2D eigenvalue weighted by atomic mass is 10.1. The summed E-state index contributed by atoms with van der Waals surface area (Å²) in [5.74, 6) is -2.67. The van der Waals surface area contributed by atoms with E-state index in [1.54, 1.807) is 0 Å². The maximum absolute atomic E-state index is 12.0. The Morgan fingerprint density at radius 2 is 1.15 bits per heavy atom. The number of rotatable bonds is 17. The topological polar surface area (TPSA) is 111 Å². The first-order valence-electron chi connectivity index (χ1n) is 9.80. The van der Waals surface area contributed by atoms with Gasteiger partial charge in [-0.3, -0.25) is 4.79 Å². The number of sulfone groups is 2. The molecule has 1 atom stereocenters. The first-order valence-corrected chi connectivity index (χ1v) is 13.4. The molecular weight excluding hydrogens is 374 g/mol. The van der Waals surface area contributed by atoms with E-state index in [0.29, 0.717) is 6.42 Å². The third kappa shape index (κ3) is 14.5. The van der Waals surface area contributed by atoms with Crippen LogP contribution < -0.4 is 5.73 Å². The zero-order chi connectivity index (χ0) is 20.1. The molecule has 0 spiro atoms. The van der Waals surface area contributed by atoms with Gasteiger partial charge in [0.25, 0.3) is 0 Å². The number of carbonyl (C=O) groups excluding carboxylic acids is 1. The fourth-order valence-corrected chi connectivity index (χ4v) is 6.68. The Morgan fingerprint density at radius 1 is 0.731 bits per heavy atom. The summed E-state index contributed by atoms with van der Waals surface area (Å²) in [6, 6.07) is 0. The lowest BCUT2D eigenvalue weighted by Gasteiger charge is -2.09. The second-order valence-corrected chi connectivity index (χ2v) is 11.8. The number of unbranched alkanes of at least 4 members (excludes halogenated alkanes) is 9. The van der Waals surface area contributed by atoms with E-state index in [4.69, 9.17) is 5.73 Å². The molecule has 0 aromatic heterocycles. The Bertz CT molecular complexity index is 585. The third-order valence-electron chi connectivity index (χ3n) is 4.50. The molecule has 0 saturated carbocycles. The molecule has 0 fully saturated rings. The summed E-state index contributed by atoms with van der Waals surface area (Å²) >= 11 is 0. The summed E-state index contributed by atoms with van der Waals surface area (Å²) < 4.78 is 47.7. The van der Waals surface area contributed by atoms with Gasteiger partial charge in [-0.25, -0.2) is 16.8 Å². The summed E-state index contributed by atoms with van der Waals surface area (Å²) in [4.78, 5) is 10.9. The Morgan fingerprint density at radius 3 is 1.62 bits per heavy atom. The molecular formula is C18H37NO5S2. The molecule has 0 bridgehead atoms. The summed E-state index contributed by atoms with van der Waals surface area (Å²) in [6.45, 7) is 3.63. The average molecular weight is 412 g/mol. The van der Waals surface area contributed by atoms with Gasteiger partial charge in [-0.2, -0.15) is 0 Å². The van der Waals surface area contributed by atoms with E-state index < -0.39 is 43.0 Å². The zero-order valence-electron chi connectivity index (χ0n) is 16.4. The van der Waals surface area contributed by atoms with Crippen molar-refractivity contribution in [3.8, 4) is 0 Å². The van der Waals surface area contributed by atoms with Crippen LogP contribution in [0.15, 0.2) is 0 Å². The summed E-state index contributed by atoms with van der Waals surface area (Å²) in [5.41, 5.74) is 5.05. The van der Waals surface area contributed by atoms with Gasteiger partial charge in [0.05, 0.1) is 23.0 Å². The van der Waals surface area contributed by atoms with E-state index in [1.165, 1.54) is 45.4 Å². The Kier molecular flexibility index (Phi) is 13.2. The molecule has 0 radical (unpaired) electrons. The smallest absolute Gasteiger partial charge is 0.221 e. The van der Waals surface area contributed by atoms with Gasteiger partial charge in [-0.1, -0.05) is 71.6 Å². The second-order valence-electron chi connectivity index (χ2n) is 7.25. The number of amides is 1. The van der Waals surface area contributed by atoms with Crippen molar-refractivity contribution in [2.45, 2.75) is 78.1 Å². The lowest BCUT2D eigenvalue weighted by molar-refractivity contribution is -0.120. The highest BCUT2D eigenvalue weighted by Gasteiger charge is 2.22. The van der Waals surface area contributed by atoms with Crippen LogP contribution in [-0.4, -0.2) is 45.8 Å². The van der Waals surface area contributed by atoms with E-state index in [1.807, 2.05) is 0 Å². The minimum absolute atomic E-state index is 0.0321. The molecule has 0 rings (SSSR count). The molecule has 0 saturated heterocycles. The molecule has 0 aromatic carbocycles. The van der Waals surface area contributed by atoms with Crippen LogP contribution in [0.2, 0.25) is 0 Å². The molecule has 0 aliphatic heterocycles. The Balaban J connectivity index is 3.87. The molecule has 26 heavy (non-hydrogen) atoms. The molecule has 0 heterocycles. The van der Waals surface area contributed by atoms with E-state index in [2.05, 4.69) is 6.92 Å². The maximum atomic E-state index is 12.0. The van der Waals surface area contributed by atoms with Crippen LogP contribution in [0, 0.1) is 5.92 Å². The van der Waals surface area contributed by atoms with E-state index >= 15 is 0 Å². The van der Waals surface area contributed by atoms with Crippen LogP contribution in [-0.2, 0) is 24.5 Å². The largest absolute Gasteiger partial charge is 0.369 e. The fourth-order valence-electron chi connectivity index (χ4n) is 2.71. The number of hydrogen-bond donors (Lipinski definition) is 1. The van der Waals surface area contributed by atoms with Gasteiger partial charge < -0.3 is 5.73 Å². The Hall–Kier alpha value is -0.630. The first kappa shape index (κ1) is 25.4. The second kappa shape index (κ2) is 13.5. The molecule has 0 aromatic rings. The van der Waals surface area contributed by atoms with Crippen LogP contribution >= 0.6 is 0 Å². The van der Waals surface area contributed by atoms with Gasteiger partial charge in [-0.15, -0.1) is 0 Å². The molecule has 8 heteroatoms. The predicted molar refractivity (Wildman–Crippen MR) is 108 cm³/mol. The van der Waals surface area contributed by atoms with Gasteiger partial charge in [-0.05, 0) is 6.42 Å². The molecule has 2 N–H and O–H groups in total. The minimum Gasteiger partial charge on any atom is -0.369 e. The molecule has 1 amide bonds. The molecule has 0 aliphatic carbocycles. The SMILES string of the molecule is CCCCCCCCCCCCS(=O)(=O)CCS(=O)(=O)CC(C)C(N)=O. The van der Waals surface area contributed by atoms with Crippen LogP contribution in [0.3, 0.4) is 0 Å². The van der Waals surface area contributed by atoms with E-state index in [-0.39, 0.29) is 11.5 Å². The minimum atomic E-state index is -3.59. The van der Waals surface area contributed by atoms with Crippen molar-refractivity contribution in [2.75, 3.05) is 23.0 Å². The normalized spacial score (nSPS) is 13.6. The highest BCUT2D eigenvalue weighted by molar-refractivity contribution is 7.95. The predicted octanol–water partition coefficient (Wildman–Crippen LogP) is 2.86. The van der Waals surface area contributed by atoms with Gasteiger partial charge in [0.1, 0.15) is 0 Å². The van der Waals surface area contributed by atoms with Gasteiger partial charge in [0.15, 0.2) is 19.7 Å². The van der Waals surface area contributed by atoms with E-state index in [0.717, 1.165) is 19.3 Å². The number of primary amides is 1. The van der Waals surface area contributed by atoms with Gasteiger partial charge >= 0.3 is 0 Å². The van der Waals surface area contributed by atoms with E-state index in [9.17, 15) is 21.6 Å². The number of carbonyl (C=O) groups is 1. The highest BCUT2D eigenvalue weighted by atomic mass is 32.2. The standard InChI is InChI=1S/C18H37NO5S2/c1-3-4-5-6-7-8-9-10-11-12-13-25(21,22)14-15-26(23,24)16-17(2)18(19)20/h17H,3-16H2,1-2H3,(H2,19,20). The molecule has 6 nitrogen and oxygen atoms in total. The Labute approximate surface area is 160 Å². The van der Waals surface area contributed by atoms with Crippen molar-refractivity contribution in [2.24, 2.45) is 11.7 Å². The van der Waals surface area contributed by atoms with Crippen LogP contribution in [0.5, 0.6) is 0 Å². The number of nitrogens with two attached hydrogens (primary N) is 1. The lowest BCUT2D eigenvalue weighted by Crippen LogP contribution is -2.30. The molecule has 1 unspecified atom stereocenters. The maximum Gasteiger partial charge on any atom is 0.221 e.